The van der Waals surface area contributed by atoms with E-state index in [-0.39, 0.29) is 5.91 Å². The lowest BCUT2D eigenvalue weighted by molar-refractivity contribution is -0.123. The van der Waals surface area contributed by atoms with Gasteiger partial charge in [-0.25, -0.2) is 0 Å². The molecule has 1 amide bonds. The Morgan fingerprint density at radius 1 is 0.870 bits per heavy atom. The largest absolute Gasteiger partial charge is 0.352 e. The van der Waals surface area contributed by atoms with Crippen LogP contribution in [0, 0.1) is 11.8 Å². The number of rotatable bonds is 4. The molecular formula is C19H35N3O. The second-order valence-electron chi connectivity index (χ2n) is 8.16. The molecule has 1 saturated carbocycles. The predicted octanol–water partition coefficient (Wildman–Crippen LogP) is 2.49. The topological polar surface area (TPSA) is 35.6 Å². The van der Waals surface area contributed by atoms with Crippen molar-refractivity contribution in [1.82, 2.24) is 15.1 Å². The first-order valence-corrected chi connectivity index (χ1v) is 9.91. The first-order chi connectivity index (χ1) is 11.2. The van der Waals surface area contributed by atoms with Crippen molar-refractivity contribution in [3.8, 4) is 0 Å². The maximum Gasteiger partial charge on any atom is 0.234 e. The highest BCUT2D eigenvalue weighted by atomic mass is 16.2. The fourth-order valence-corrected chi connectivity index (χ4v) is 4.81. The Labute approximate surface area is 142 Å². The lowest BCUT2D eigenvalue weighted by Crippen LogP contribution is -2.46. The first-order valence-electron chi connectivity index (χ1n) is 9.91. The molecule has 23 heavy (non-hydrogen) atoms. The van der Waals surface area contributed by atoms with E-state index in [1.54, 1.807) is 0 Å². The van der Waals surface area contributed by atoms with Gasteiger partial charge in [-0.2, -0.15) is 0 Å². The zero-order valence-electron chi connectivity index (χ0n) is 14.9. The molecule has 3 rings (SSSR count). The van der Waals surface area contributed by atoms with Crippen LogP contribution in [0.25, 0.3) is 0 Å². The predicted molar refractivity (Wildman–Crippen MR) is 94.4 cm³/mol. The molecule has 4 heteroatoms. The molecule has 0 aromatic rings. The summed E-state index contributed by atoms with van der Waals surface area (Å²) in [5, 5.41) is 3.26. The molecule has 4 nitrogen and oxygen atoms in total. The molecule has 1 aliphatic carbocycles. The lowest BCUT2D eigenvalue weighted by Gasteiger charge is -2.39. The highest BCUT2D eigenvalue weighted by Gasteiger charge is 2.29. The van der Waals surface area contributed by atoms with Gasteiger partial charge in [-0.3, -0.25) is 9.69 Å². The molecule has 0 unspecified atom stereocenters. The van der Waals surface area contributed by atoms with Crippen molar-refractivity contribution in [2.24, 2.45) is 11.8 Å². The third kappa shape index (κ3) is 5.18. The average Bonchev–Trinajstić information content (AvgIpc) is 2.57. The van der Waals surface area contributed by atoms with Crippen LogP contribution in [-0.2, 0) is 4.79 Å². The van der Waals surface area contributed by atoms with Gasteiger partial charge < -0.3 is 10.2 Å². The molecule has 132 valence electrons. The summed E-state index contributed by atoms with van der Waals surface area (Å²) in [4.78, 5) is 17.1. The van der Waals surface area contributed by atoms with Crippen molar-refractivity contribution < 1.29 is 4.79 Å². The number of likely N-dealkylation sites (tertiary alicyclic amines) is 2. The Bertz CT molecular complexity index is 365. The standard InChI is InChI=1S/C19H35N3O/c1-21-11-7-16(8-12-21)17-9-13-22(14-10-17)15-19(23)20-18-5-3-2-4-6-18/h16-18H,2-15H2,1H3,(H,20,23). The van der Waals surface area contributed by atoms with Crippen LogP contribution in [0.1, 0.15) is 57.8 Å². The van der Waals surface area contributed by atoms with Gasteiger partial charge in [0.1, 0.15) is 0 Å². The molecule has 3 fully saturated rings. The molecule has 3 aliphatic rings. The number of carbonyl (C=O) groups is 1. The van der Waals surface area contributed by atoms with E-state index >= 15 is 0 Å². The van der Waals surface area contributed by atoms with E-state index in [2.05, 4.69) is 22.2 Å². The fraction of sp³-hybridized carbons (Fsp3) is 0.947. The van der Waals surface area contributed by atoms with Crippen molar-refractivity contribution in [1.29, 1.82) is 0 Å². The van der Waals surface area contributed by atoms with Gasteiger partial charge in [-0.05, 0) is 83.6 Å². The summed E-state index contributed by atoms with van der Waals surface area (Å²) in [6.45, 7) is 5.41. The molecule has 0 aromatic heterocycles. The van der Waals surface area contributed by atoms with Gasteiger partial charge in [0.25, 0.3) is 0 Å². The van der Waals surface area contributed by atoms with Crippen molar-refractivity contribution in [3.05, 3.63) is 0 Å². The normalized spacial score (nSPS) is 27.2. The van der Waals surface area contributed by atoms with Gasteiger partial charge >= 0.3 is 0 Å². The minimum Gasteiger partial charge on any atom is -0.352 e. The van der Waals surface area contributed by atoms with Crippen LogP contribution >= 0.6 is 0 Å². The number of nitrogens with zero attached hydrogens (tertiary/aromatic N) is 2. The molecule has 0 bridgehead atoms. The summed E-state index contributed by atoms with van der Waals surface area (Å²) >= 11 is 0. The molecule has 0 atom stereocenters. The summed E-state index contributed by atoms with van der Waals surface area (Å²) in [6.07, 6.45) is 11.6. The average molecular weight is 322 g/mol. The summed E-state index contributed by atoms with van der Waals surface area (Å²) in [5.41, 5.74) is 0. The SMILES string of the molecule is CN1CCC(C2CCN(CC(=O)NC3CCCCC3)CC2)CC1. The first kappa shape index (κ1) is 17.2. The van der Waals surface area contributed by atoms with Crippen LogP contribution in [0.4, 0.5) is 0 Å². The highest BCUT2D eigenvalue weighted by molar-refractivity contribution is 5.78. The fourth-order valence-electron chi connectivity index (χ4n) is 4.81. The second kappa shape index (κ2) is 8.48. The van der Waals surface area contributed by atoms with Gasteiger partial charge in [-0.15, -0.1) is 0 Å². The van der Waals surface area contributed by atoms with Crippen molar-refractivity contribution in [2.45, 2.75) is 63.8 Å². The number of carbonyl (C=O) groups excluding carboxylic acids is 1. The van der Waals surface area contributed by atoms with E-state index in [4.69, 9.17) is 0 Å². The minimum absolute atomic E-state index is 0.259. The number of hydrogen-bond donors (Lipinski definition) is 1. The number of hydrogen-bond acceptors (Lipinski definition) is 3. The number of amides is 1. The van der Waals surface area contributed by atoms with E-state index in [1.165, 1.54) is 70.9 Å². The Morgan fingerprint density at radius 2 is 1.43 bits per heavy atom. The third-order valence-corrected chi connectivity index (χ3v) is 6.40. The summed E-state index contributed by atoms with van der Waals surface area (Å²) in [5.74, 6) is 2.10. The van der Waals surface area contributed by atoms with E-state index < -0.39 is 0 Å². The number of nitrogens with one attached hydrogen (secondary N) is 1. The molecule has 0 aromatic carbocycles. The van der Waals surface area contributed by atoms with E-state index in [0.717, 1.165) is 24.9 Å². The van der Waals surface area contributed by atoms with Crippen LogP contribution in [0.3, 0.4) is 0 Å². The molecule has 0 radical (unpaired) electrons. The van der Waals surface area contributed by atoms with Crippen molar-refractivity contribution in [3.63, 3.8) is 0 Å². The van der Waals surface area contributed by atoms with Crippen molar-refractivity contribution >= 4 is 5.91 Å². The Kier molecular flexibility index (Phi) is 6.35. The molecule has 2 saturated heterocycles. The Balaban J connectivity index is 1.34. The molecule has 0 spiro atoms. The van der Waals surface area contributed by atoms with E-state index in [9.17, 15) is 4.79 Å². The highest BCUT2D eigenvalue weighted by Crippen LogP contribution is 2.32. The van der Waals surface area contributed by atoms with Crippen LogP contribution in [0.2, 0.25) is 0 Å². The quantitative estimate of drug-likeness (QED) is 0.864. The van der Waals surface area contributed by atoms with Crippen molar-refractivity contribution in [2.75, 3.05) is 39.8 Å². The van der Waals surface area contributed by atoms with Gasteiger partial charge in [-0.1, -0.05) is 19.3 Å². The third-order valence-electron chi connectivity index (χ3n) is 6.40. The molecule has 1 N–H and O–H groups in total. The summed E-state index contributed by atoms with van der Waals surface area (Å²) in [7, 11) is 2.24. The Hall–Kier alpha value is -0.610. The zero-order valence-corrected chi connectivity index (χ0v) is 14.9. The lowest BCUT2D eigenvalue weighted by atomic mass is 9.79. The molecule has 2 aliphatic heterocycles. The zero-order chi connectivity index (χ0) is 16.1. The van der Waals surface area contributed by atoms with Crippen LogP contribution in [-0.4, -0.2) is 61.5 Å². The Morgan fingerprint density at radius 3 is 2.04 bits per heavy atom. The van der Waals surface area contributed by atoms with Crippen LogP contribution in [0.15, 0.2) is 0 Å². The maximum atomic E-state index is 12.2. The van der Waals surface area contributed by atoms with E-state index in [0.29, 0.717) is 12.6 Å². The van der Waals surface area contributed by atoms with Gasteiger partial charge in [0.15, 0.2) is 0 Å². The van der Waals surface area contributed by atoms with Gasteiger partial charge in [0.2, 0.25) is 5.91 Å². The monoisotopic (exact) mass is 321 g/mol. The summed E-state index contributed by atoms with van der Waals surface area (Å²) in [6, 6.07) is 0.452. The minimum atomic E-state index is 0.259. The van der Waals surface area contributed by atoms with Gasteiger partial charge in [0, 0.05) is 6.04 Å². The second-order valence-corrected chi connectivity index (χ2v) is 8.16. The maximum absolute atomic E-state index is 12.2. The van der Waals surface area contributed by atoms with E-state index in [1.807, 2.05) is 0 Å². The van der Waals surface area contributed by atoms with Gasteiger partial charge in [0.05, 0.1) is 6.54 Å². The smallest absolute Gasteiger partial charge is 0.234 e. The number of piperidine rings is 2. The van der Waals surface area contributed by atoms with Crippen LogP contribution in [0.5, 0.6) is 0 Å². The summed E-state index contributed by atoms with van der Waals surface area (Å²) < 4.78 is 0. The molecular weight excluding hydrogens is 286 g/mol. The van der Waals surface area contributed by atoms with Crippen LogP contribution < -0.4 is 5.32 Å². The molecule has 2 heterocycles.